The molecule has 0 radical (unpaired) electrons. The van der Waals surface area contributed by atoms with Crippen LogP contribution in [0.1, 0.15) is 32.6 Å². The van der Waals surface area contributed by atoms with Crippen LogP contribution in [-0.4, -0.2) is 79.6 Å². The minimum Gasteiger partial charge on any atom is -0.340 e. The first-order valence-corrected chi connectivity index (χ1v) is 12.2. The molecule has 2 saturated heterocycles. The maximum absolute atomic E-state index is 12.7. The largest absolute Gasteiger partial charge is 0.340 e. The Morgan fingerprint density at radius 3 is 2.13 bits per heavy atom. The van der Waals surface area contributed by atoms with Gasteiger partial charge in [0.15, 0.2) is 0 Å². The Balaban J connectivity index is 1.30. The van der Waals surface area contributed by atoms with Gasteiger partial charge in [-0.2, -0.15) is 4.31 Å². The third-order valence-corrected chi connectivity index (χ3v) is 8.22. The van der Waals surface area contributed by atoms with Crippen molar-refractivity contribution in [3.8, 4) is 0 Å². The number of carbonyl (C=O) groups excluding carboxylic acids is 2. The molecule has 3 aliphatic rings. The molecular weight excluding hydrogens is 404 g/mol. The van der Waals surface area contributed by atoms with E-state index in [9.17, 15) is 18.0 Å². The molecule has 0 bridgehead atoms. The Morgan fingerprint density at radius 2 is 1.57 bits per heavy atom. The molecule has 2 amide bonds. The number of hydrogen-bond acceptors (Lipinski definition) is 5. The van der Waals surface area contributed by atoms with Crippen molar-refractivity contribution in [1.82, 2.24) is 14.1 Å². The van der Waals surface area contributed by atoms with Crippen LogP contribution in [0.15, 0.2) is 29.2 Å². The van der Waals surface area contributed by atoms with Crippen LogP contribution in [0.4, 0.5) is 5.69 Å². The van der Waals surface area contributed by atoms with Crippen LogP contribution in [0.25, 0.3) is 0 Å². The first kappa shape index (κ1) is 21.3. The number of anilines is 1. The summed E-state index contributed by atoms with van der Waals surface area (Å²) < 4.78 is 26.7. The van der Waals surface area contributed by atoms with Gasteiger partial charge in [0.1, 0.15) is 0 Å². The van der Waals surface area contributed by atoms with Gasteiger partial charge in [-0.3, -0.25) is 14.5 Å². The lowest BCUT2D eigenvalue weighted by molar-refractivity contribution is -0.135. The maximum atomic E-state index is 12.7. The quantitative estimate of drug-likeness (QED) is 0.730. The lowest BCUT2D eigenvalue weighted by atomic mass is 10.2. The standard InChI is InChI=1S/C21H30N4O4S/c1-16(23-12-14-24(15-13-23)21(27)17-4-5-17)20(26)22-18-6-8-19(9-7-18)30(28,29)25-10-2-3-11-25/h6-9,16-17H,2-5,10-15H2,1H3,(H,22,26)/t16-/m0/s1. The van der Waals surface area contributed by atoms with Gasteiger partial charge >= 0.3 is 0 Å². The molecule has 1 aromatic carbocycles. The highest BCUT2D eigenvalue weighted by atomic mass is 32.2. The predicted molar refractivity (Wildman–Crippen MR) is 113 cm³/mol. The normalized spacial score (nSPS) is 22.1. The molecule has 1 saturated carbocycles. The fourth-order valence-electron chi connectivity index (χ4n) is 4.12. The molecular formula is C21H30N4O4S. The van der Waals surface area contributed by atoms with Crippen molar-refractivity contribution in [2.24, 2.45) is 5.92 Å². The number of benzene rings is 1. The van der Waals surface area contributed by atoms with E-state index in [1.165, 1.54) is 4.31 Å². The van der Waals surface area contributed by atoms with Crippen molar-refractivity contribution in [3.63, 3.8) is 0 Å². The highest BCUT2D eigenvalue weighted by Gasteiger charge is 2.35. The number of nitrogens with one attached hydrogen (secondary N) is 1. The summed E-state index contributed by atoms with van der Waals surface area (Å²) in [6.45, 7) is 5.68. The minimum atomic E-state index is -3.45. The second kappa shape index (κ2) is 8.64. The summed E-state index contributed by atoms with van der Waals surface area (Å²) in [5.74, 6) is 0.359. The second-order valence-corrected chi connectivity index (χ2v) is 10.4. The van der Waals surface area contributed by atoms with E-state index in [1.807, 2.05) is 11.8 Å². The number of piperazine rings is 1. The summed E-state index contributed by atoms with van der Waals surface area (Å²) in [5, 5.41) is 2.88. The molecule has 4 rings (SSSR count). The van der Waals surface area contributed by atoms with Gasteiger partial charge in [-0.05, 0) is 56.9 Å². The minimum absolute atomic E-state index is 0.132. The highest BCUT2D eigenvalue weighted by molar-refractivity contribution is 7.89. The predicted octanol–water partition coefficient (Wildman–Crippen LogP) is 1.35. The van der Waals surface area contributed by atoms with E-state index in [1.54, 1.807) is 24.3 Å². The number of sulfonamides is 1. The number of nitrogens with zero attached hydrogens (tertiary/aromatic N) is 3. The summed E-state index contributed by atoms with van der Waals surface area (Å²) >= 11 is 0. The summed E-state index contributed by atoms with van der Waals surface area (Å²) in [6.07, 6.45) is 3.81. The average Bonchev–Trinajstić information content (AvgIpc) is 3.45. The zero-order valence-corrected chi connectivity index (χ0v) is 18.2. The smallest absolute Gasteiger partial charge is 0.243 e. The van der Waals surface area contributed by atoms with Crippen LogP contribution < -0.4 is 5.32 Å². The zero-order valence-electron chi connectivity index (χ0n) is 17.4. The van der Waals surface area contributed by atoms with Gasteiger partial charge in [0.25, 0.3) is 0 Å². The zero-order chi connectivity index (χ0) is 21.3. The van der Waals surface area contributed by atoms with Crippen molar-refractivity contribution in [2.45, 2.75) is 43.5 Å². The number of carbonyl (C=O) groups is 2. The van der Waals surface area contributed by atoms with Crippen LogP contribution in [0.3, 0.4) is 0 Å². The Morgan fingerprint density at radius 1 is 0.967 bits per heavy atom. The van der Waals surface area contributed by atoms with Gasteiger partial charge < -0.3 is 10.2 Å². The Hall–Kier alpha value is -1.97. The molecule has 2 aliphatic heterocycles. The molecule has 1 N–H and O–H groups in total. The maximum Gasteiger partial charge on any atom is 0.243 e. The van der Waals surface area contributed by atoms with Crippen molar-refractivity contribution in [2.75, 3.05) is 44.6 Å². The lowest BCUT2D eigenvalue weighted by Gasteiger charge is -2.37. The molecule has 3 fully saturated rings. The number of rotatable bonds is 6. The van der Waals surface area contributed by atoms with E-state index in [0.717, 1.165) is 25.7 Å². The van der Waals surface area contributed by atoms with Gasteiger partial charge in [-0.15, -0.1) is 0 Å². The van der Waals surface area contributed by atoms with Crippen molar-refractivity contribution >= 4 is 27.5 Å². The van der Waals surface area contributed by atoms with E-state index >= 15 is 0 Å². The molecule has 9 heteroatoms. The first-order chi connectivity index (χ1) is 14.4. The fourth-order valence-corrected chi connectivity index (χ4v) is 5.64. The topological polar surface area (TPSA) is 90.0 Å². The van der Waals surface area contributed by atoms with Crippen LogP contribution in [0, 0.1) is 5.92 Å². The summed E-state index contributed by atoms with van der Waals surface area (Å²) in [7, 11) is -3.45. The molecule has 0 spiro atoms. The third-order valence-electron chi connectivity index (χ3n) is 6.30. The molecule has 0 unspecified atom stereocenters. The molecule has 2 heterocycles. The SMILES string of the molecule is C[C@@H](C(=O)Nc1ccc(S(=O)(=O)N2CCCC2)cc1)N1CCN(C(=O)C2CC2)CC1. The summed E-state index contributed by atoms with van der Waals surface area (Å²) in [5.41, 5.74) is 0.578. The lowest BCUT2D eigenvalue weighted by Crippen LogP contribution is -2.54. The molecule has 1 atom stereocenters. The van der Waals surface area contributed by atoms with Gasteiger partial charge in [0.2, 0.25) is 21.8 Å². The van der Waals surface area contributed by atoms with Crippen molar-refractivity contribution < 1.29 is 18.0 Å². The van der Waals surface area contributed by atoms with E-state index in [0.29, 0.717) is 45.0 Å². The van der Waals surface area contributed by atoms with Crippen molar-refractivity contribution in [3.05, 3.63) is 24.3 Å². The summed E-state index contributed by atoms with van der Waals surface area (Å²) in [6, 6.07) is 6.06. The number of amides is 2. The molecule has 164 valence electrons. The van der Waals surface area contributed by atoms with Gasteiger partial charge in [-0.1, -0.05) is 0 Å². The number of hydrogen-bond donors (Lipinski definition) is 1. The van der Waals surface area contributed by atoms with Crippen molar-refractivity contribution in [1.29, 1.82) is 0 Å². The Kier molecular flexibility index (Phi) is 6.13. The first-order valence-electron chi connectivity index (χ1n) is 10.8. The Bertz CT molecular complexity index is 884. The highest BCUT2D eigenvalue weighted by Crippen LogP contribution is 2.31. The third kappa shape index (κ3) is 4.53. The van der Waals surface area contributed by atoms with E-state index in [2.05, 4.69) is 10.2 Å². The van der Waals surface area contributed by atoms with Gasteiger partial charge in [-0.25, -0.2) is 8.42 Å². The molecule has 1 aromatic rings. The molecule has 0 aromatic heterocycles. The molecule has 1 aliphatic carbocycles. The van der Waals surface area contributed by atoms with Crippen LogP contribution >= 0.6 is 0 Å². The summed E-state index contributed by atoms with van der Waals surface area (Å²) in [4.78, 5) is 29.1. The van der Waals surface area contributed by atoms with Crippen LogP contribution in [0.5, 0.6) is 0 Å². The van der Waals surface area contributed by atoms with E-state index in [4.69, 9.17) is 0 Å². The monoisotopic (exact) mass is 434 g/mol. The van der Waals surface area contributed by atoms with Crippen LogP contribution in [0.2, 0.25) is 0 Å². The molecule has 30 heavy (non-hydrogen) atoms. The molecule has 8 nitrogen and oxygen atoms in total. The fraction of sp³-hybridized carbons (Fsp3) is 0.619. The second-order valence-electron chi connectivity index (χ2n) is 8.44. The van der Waals surface area contributed by atoms with Crippen LogP contribution in [-0.2, 0) is 19.6 Å². The van der Waals surface area contributed by atoms with Gasteiger partial charge in [0.05, 0.1) is 10.9 Å². The van der Waals surface area contributed by atoms with E-state index < -0.39 is 10.0 Å². The average molecular weight is 435 g/mol. The Labute approximate surface area is 178 Å². The van der Waals surface area contributed by atoms with E-state index in [-0.39, 0.29) is 28.7 Å². The van der Waals surface area contributed by atoms with Gasteiger partial charge in [0, 0.05) is 50.9 Å².